The molecule has 0 saturated heterocycles. The van der Waals surface area contributed by atoms with Gasteiger partial charge in [-0.05, 0) is 25.3 Å². The highest BCUT2D eigenvalue weighted by molar-refractivity contribution is 8.02. The van der Waals surface area contributed by atoms with E-state index in [-0.39, 0.29) is 11.2 Å². The first-order valence-electron chi connectivity index (χ1n) is 7.01. The standard InChI is InChI=1S/C17H16N2OS2/c1-11-10-21-17(18-11)22-12(2)16(20)19-15-9-5-7-13-6-3-4-8-14(13)15/h3-10,12H,1-2H3,(H,19,20). The highest BCUT2D eigenvalue weighted by Crippen LogP contribution is 2.28. The van der Waals surface area contributed by atoms with Gasteiger partial charge in [0, 0.05) is 22.1 Å². The molecule has 112 valence electrons. The fraction of sp³-hybridized carbons (Fsp3) is 0.176. The van der Waals surface area contributed by atoms with Crippen molar-refractivity contribution in [1.82, 2.24) is 4.98 Å². The van der Waals surface area contributed by atoms with Crippen LogP contribution in [0.15, 0.2) is 52.2 Å². The summed E-state index contributed by atoms with van der Waals surface area (Å²) in [5.74, 6) is -0.00536. The molecule has 0 spiro atoms. The van der Waals surface area contributed by atoms with Crippen LogP contribution in [0.1, 0.15) is 12.6 Å². The van der Waals surface area contributed by atoms with Gasteiger partial charge >= 0.3 is 0 Å². The molecule has 3 rings (SSSR count). The number of thioether (sulfide) groups is 1. The number of nitrogens with one attached hydrogen (secondary N) is 1. The van der Waals surface area contributed by atoms with Gasteiger partial charge in [-0.3, -0.25) is 4.79 Å². The van der Waals surface area contributed by atoms with Gasteiger partial charge in [0.15, 0.2) is 4.34 Å². The average molecular weight is 328 g/mol. The number of thiazole rings is 1. The molecule has 0 saturated carbocycles. The quantitative estimate of drug-likeness (QED) is 0.704. The van der Waals surface area contributed by atoms with Crippen molar-refractivity contribution >= 4 is 45.5 Å². The molecule has 1 heterocycles. The van der Waals surface area contributed by atoms with Crippen molar-refractivity contribution in [2.24, 2.45) is 0 Å². The third kappa shape index (κ3) is 3.31. The van der Waals surface area contributed by atoms with Crippen LogP contribution in [0.2, 0.25) is 0 Å². The van der Waals surface area contributed by atoms with E-state index in [1.807, 2.05) is 61.7 Å². The van der Waals surface area contributed by atoms with Crippen LogP contribution in [-0.4, -0.2) is 16.1 Å². The third-order valence-electron chi connectivity index (χ3n) is 3.29. The van der Waals surface area contributed by atoms with E-state index >= 15 is 0 Å². The van der Waals surface area contributed by atoms with Crippen LogP contribution < -0.4 is 5.32 Å². The first kappa shape index (κ1) is 15.1. The van der Waals surface area contributed by atoms with Crippen LogP contribution in [0.4, 0.5) is 5.69 Å². The van der Waals surface area contributed by atoms with Gasteiger partial charge in [-0.15, -0.1) is 11.3 Å². The van der Waals surface area contributed by atoms with Crippen molar-refractivity contribution < 1.29 is 4.79 Å². The Bertz CT molecular complexity index is 808. The number of hydrogen-bond donors (Lipinski definition) is 1. The molecule has 2 aromatic carbocycles. The van der Waals surface area contributed by atoms with E-state index in [9.17, 15) is 4.79 Å². The summed E-state index contributed by atoms with van der Waals surface area (Å²) in [6.07, 6.45) is 0. The monoisotopic (exact) mass is 328 g/mol. The molecule has 0 bridgehead atoms. The van der Waals surface area contributed by atoms with E-state index < -0.39 is 0 Å². The first-order chi connectivity index (χ1) is 10.6. The molecular formula is C17H16N2OS2. The van der Waals surface area contributed by atoms with Gasteiger partial charge in [0.2, 0.25) is 5.91 Å². The van der Waals surface area contributed by atoms with Crippen LogP contribution in [0.25, 0.3) is 10.8 Å². The highest BCUT2D eigenvalue weighted by atomic mass is 32.2. The number of amides is 1. The molecule has 0 aliphatic carbocycles. The number of carbonyl (C=O) groups excluding carboxylic acids is 1. The molecule has 0 radical (unpaired) electrons. The number of aromatic nitrogens is 1. The molecule has 0 aliphatic rings. The Morgan fingerprint density at radius 3 is 2.77 bits per heavy atom. The highest BCUT2D eigenvalue weighted by Gasteiger charge is 2.17. The van der Waals surface area contributed by atoms with Crippen molar-refractivity contribution in [1.29, 1.82) is 0 Å². The van der Waals surface area contributed by atoms with Crippen molar-refractivity contribution in [3.63, 3.8) is 0 Å². The summed E-state index contributed by atoms with van der Waals surface area (Å²) in [6.45, 7) is 3.86. The number of fused-ring (bicyclic) bond motifs is 1. The zero-order chi connectivity index (χ0) is 15.5. The lowest BCUT2D eigenvalue weighted by Crippen LogP contribution is -2.22. The second kappa shape index (κ2) is 6.50. The van der Waals surface area contributed by atoms with Crippen molar-refractivity contribution in [3.05, 3.63) is 53.5 Å². The number of anilines is 1. The Morgan fingerprint density at radius 2 is 2.00 bits per heavy atom. The Hall–Kier alpha value is -1.85. The predicted octanol–water partition coefficient (Wildman–Crippen LogP) is 4.72. The largest absolute Gasteiger partial charge is 0.325 e. The SMILES string of the molecule is Cc1csc(SC(C)C(=O)Nc2cccc3ccccc23)n1. The summed E-state index contributed by atoms with van der Waals surface area (Å²) in [5.41, 5.74) is 1.85. The molecule has 0 fully saturated rings. The molecule has 3 aromatic rings. The molecule has 5 heteroatoms. The normalized spacial score (nSPS) is 12.3. The minimum atomic E-state index is -0.190. The van der Waals surface area contributed by atoms with Crippen LogP contribution in [0.3, 0.4) is 0 Å². The maximum absolute atomic E-state index is 12.4. The van der Waals surface area contributed by atoms with E-state index in [0.29, 0.717) is 0 Å². The number of rotatable bonds is 4. The molecule has 1 N–H and O–H groups in total. The second-order valence-electron chi connectivity index (χ2n) is 5.03. The topological polar surface area (TPSA) is 42.0 Å². The summed E-state index contributed by atoms with van der Waals surface area (Å²) in [7, 11) is 0. The van der Waals surface area contributed by atoms with E-state index in [2.05, 4.69) is 10.3 Å². The Balaban J connectivity index is 1.75. The van der Waals surface area contributed by atoms with Crippen molar-refractivity contribution in [2.45, 2.75) is 23.4 Å². The number of nitrogens with zero attached hydrogens (tertiary/aromatic N) is 1. The minimum absolute atomic E-state index is 0.00536. The van der Waals surface area contributed by atoms with Gasteiger partial charge in [-0.1, -0.05) is 48.2 Å². The summed E-state index contributed by atoms with van der Waals surface area (Å²) >= 11 is 3.07. The number of carbonyl (C=O) groups is 1. The van der Waals surface area contributed by atoms with Crippen LogP contribution >= 0.6 is 23.1 Å². The average Bonchev–Trinajstić information content (AvgIpc) is 2.92. The molecular weight excluding hydrogens is 312 g/mol. The van der Waals surface area contributed by atoms with Gasteiger partial charge in [0.25, 0.3) is 0 Å². The van der Waals surface area contributed by atoms with E-state index in [0.717, 1.165) is 26.5 Å². The fourth-order valence-corrected chi connectivity index (χ4v) is 4.15. The molecule has 3 nitrogen and oxygen atoms in total. The summed E-state index contributed by atoms with van der Waals surface area (Å²) in [4.78, 5) is 16.8. The zero-order valence-corrected chi connectivity index (χ0v) is 14.0. The predicted molar refractivity (Wildman–Crippen MR) is 94.7 cm³/mol. The third-order valence-corrected chi connectivity index (χ3v) is 5.48. The van der Waals surface area contributed by atoms with Gasteiger partial charge in [-0.25, -0.2) is 4.98 Å². The van der Waals surface area contributed by atoms with Gasteiger partial charge in [0.05, 0.1) is 5.25 Å². The molecule has 1 aromatic heterocycles. The summed E-state index contributed by atoms with van der Waals surface area (Å²) < 4.78 is 0.929. The number of hydrogen-bond acceptors (Lipinski definition) is 4. The lowest BCUT2D eigenvalue weighted by molar-refractivity contribution is -0.115. The van der Waals surface area contributed by atoms with Crippen LogP contribution in [-0.2, 0) is 4.79 Å². The zero-order valence-electron chi connectivity index (χ0n) is 12.4. The van der Waals surface area contributed by atoms with Crippen molar-refractivity contribution in [2.75, 3.05) is 5.32 Å². The molecule has 1 atom stereocenters. The maximum atomic E-state index is 12.4. The number of aryl methyl sites for hydroxylation is 1. The van der Waals surface area contributed by atoms with E-state index in [1.165, 1.54) is 11.8 Å². The Labute approximate surface area is 137 Å². The molecule has 0 aliphatic heterocycles. The first-order valence-corrected chi connectivity index (χ1v) is 8.77. The second-order valence-corrected chi connectivity index (χ2v) is 7.48. The van der Waals surface area contributed by atoms with Gasteiger partial charge in [0.1, 0.15) is 0 Å². The van der Waals surface area contributed by atoms with Gasteiger partial charge in [-0.2, -0.15) is 0 Å². The van der Waals surface area contributed by atoms with Crippen molar-refractivity contribution in [3.8, 4) is 0 Å². The Kier molecular flexibility index (Phi) is 4.45. The van der Waals surface area contributed by atoms with Crippen LogP contribution in [0, 0.1) is 6.92 Å². The summed E-state index contributed by atoms with van der Waals surface area (Å²) in [5, 5.41) is 7.01. The smallest absolute Gasteiger partial charge is 0.237 e. The molecule has 1 amide bonds. The maximum Gasteiger partial charge on any atom is 0.237 e. The van der Waals surface area contributed by atoms with E-state index in [4.69, 9.17) is 0 Å². The summed E-state index contributed by atoms with van der Waals surface area (Å²) in [6, 6.07) is 14.0. The molecule has 22 heavy (non-hydrogen) atoms. The molecule has 1 unspecified atom stereocenters. The lowest BCUT2D eigenvalue weighted by Gasteiger charge is -2.12. The fourth-order valence-electron chi connectivity index (χ4n) is 2.16. The Morgan fingerprint density at radius 1 is 1.23 bits per heavy atom. The minimum Gasteiger partial charge on any atom is -0.325 e. The number of benzene rings is 2. The lowest BCUT2D eigenvalue weighted by atomic mass is 10.1. The van der Waals surface area contributed by atoms with Crippen LogP contribution in [0.5, 0.6) is 0 Å². The van der Waals surface area contributed by atoms with Gasteiger partial charge < -0.3 is 5.32 Å². The van der Waals surface area contributed by atoms with E-state index in [1.54, 1.807) is 11.3 Å².